The third-order valence-corrected chi connectivity index (χ3v) is 5.90. The van der Waals surface area contributed by atoms with Crippen molar-refractivity contribution in [3.8, 4) is 11.5 Å². The molecular weight excluding hydrogens is 502 g/mol. The van der Waals surface area contributed by atoms with Gasteiger partial charge in [-0.2, -0.15) is 0 Å². The van der Waals surface area contributed by atoms with Crippen molar-refractivity contribution in [2.75, 3.05) is 6.61 Å². The van der Waals surface area contributed by atoms with Crippen LogP contribution in [-0.2, 0) is 35.1 Å². The van der Waals surface area contributed by atoms with E-state index in [0.717, 1.165) is 12.8 Å². The van der Waals surface area contributed by atoms with E-state index in [1.54, 1.807) is 32.9 Å². The summed E-state index contributed by atoms with van der Waals surface area (Å²) in [4.78, 5) is 49.6. The predicted molar refractivity (Wildman–Crippen MR) is 148 cm³/mol. The highest BCUT2D eigenvalue weighted by Gasteiger charge is 2.24. The third kappa shape index (κ3) is 13.1. The molecule has 0 saturated heterocycles. The van der Waals surface area contributed by atoms with Gasteiger partial charge in [-0.1, -0.05) is 67.4 Å². The van der Waals surface area contributed by atoms with Gasteiger partial charge in [0.05, 0.1) is 18.3 Å². The number of benzene rings is 1. The maximum Gasteiger partial charge on any atom is 0.323 e. The lowest BCUT2D eigenvalue weighted by atomic mass is 9.92. The smallest absolute Gasteiger partial charge is 0.323 e. The van der Waals surface area contributed by atoms with Crippen molar-refractivity contribution in [3.63, 3.8) is 0 Å². The van der Waals surface area contributed by atoms with E-state index in [0.29, 0.717) is 18.4 Å². The SMILES string of the molecule is CCCC(C)C(=O)Oc1ccc(C[C@H](N)C(=O)OC[C@H](C)OC(=O)CC(C)(C)C)cc1OC(=O)C(C)CCC. The molecule has 0 aliphatic carbocycles. The molecule has 220 valence electrons. The number of carbonyl (C=O) groups excluding carboxylic acids is 4. The van der Waals surface area contributed by atoms with Gasteiger partial charge in [-0.15, -0.1) is 0 Å². The molecule has 0 heterocycles. The zero-order valence-electron chi connectivity index (χ0n) is 24.8. The molecule has 1 aromatic rings. The van der Waals surface area contributed by atoms with Gasteiger partial charge < -0.3 is 24.7 Å². The van der Waals surface area contributed by atoms with Crippen LogP contribution in [0.1, 0.15) is 93.1 Å². The second kappa shape index (κ2) is 16.2. The maximum absolute atomic E-state index is 12.6. The Morgan fingerprint density at radius 1 is 0.846 bits per heavy atom. The molecule has 0 radical (unpaired) electrons. The Labute approximate surface area is 233 Å². The number of esters is 4. The van der Waals surface area contributed by atoms with Crippen molar-refractivity contribution in [1.29, 1.82) is 0 Å². The molecule has 1 rings (SSSR count). The molecule has 0 spiro atoms. The van der Waals surface area contributed by atoms with Gasteiger partial charge in [-0.3, -0.25) is 19.2 Å². The molecule has 0 fully saturated rings. The summed E-state index contributed by atoms with van der Waals surface area (Å²) in [6.45, 7) is 14.8. The zero-order valence-corrected chi connectivity index (χ0v) is 24.8. The van der Waals surface area contributed by atoms with Crippen LogP contribution in [0.25, 0.3) is 0 Å². The highest BCUT2D eigenvalue weighted by atomic mass is 16.6. The van der Waals surface area contributed by atoms with Crippen LogP contribution in [0.4, 0.5) is 0 Å². The average molecular weight is 550 g/mol. The van der Waals surface area contributed by atoms with Gasteiger partial charge in [0.15, 0.2) is 11.5 Å². The summed E-state index contributed by atoms with van der Waals surface area (Å²) in [5.41, 5.74) is 6.46. The molecule has 0 amide bonds. The summed E-state index contributed by atoms with van der Waals surface area (Å²) < 4.78 is 21.7. The Morgan fingerprint density at radius 2 is 1.38 bits per heavy atom. The van der Waals surface area contributed by atoms with Crippen LogP contribution >= 0.6 is 0 Å². The van der Waals surface area contributed by atoms with Crippen molar-refractivity contribution in [1.82, 2.24) is 0 Å². The van der Waals surface area contributed by atoms with Gasteiger partial charge in [0.1, 0.15) is 18.8 Å². The number of rotatable bonds is 15. The van der Waals surface area contributed by atoms with E-state index in [2.05, 4.69) is 0 Å². The fourth-order valence-corrected chi connectivity index (χ4v) is 3.74. The molecular formula is C30H47NO8. The summed E-state index contributed by atoms with van der Waals surface area (Å²) in [5, 5.41) is 0. The van der Waals surface area contributed by atoms with Crippen molar-refractivity contribution < 1.29 is 38.1 Å². The molecule has 0 saturated carbocycles. The van der Waals surface area contributed by atoms with Gasteiger partial charge in [-0.05, 0) is 49.3 Å². The van der Waals surface area contributed by atoms with Crippen molar-refractivity contribution >= 4 is 23.9 Å². The van der Waals surface area contributed by atoms with Crippen molar-refractivity contribution in [2.45, 2.75) is 106 Å². The minimum Gasteiger partial charge on any atom is -0.461 e. The molecule has 0 aliphatic rings. The first-order valence-electron chi connectivity index (χ1n) is 13.8. The molecule has 2 unspecified atom stereocenters. The lowest BCUT2D eigenvalue weighted by Crippen LogP contribution is -2.36. The predicted octanol–water partition coefficient (Wildman–Crippen LogP) is 5.15. The fraction of sp³-hybridized carbons (Fsp3) is 0.667. The quantitative estimate of drug-likeness (QED) is 0.233. The molecule has 1 aromatic carbocycles. The lowest BCUT2D eigenvalue weighted by molar-refractivity contribution is -0.160. The number of carbonyl (C=O) groups is 4. The van der Waals surface area contributed by atoms with E-state index in [-0.39, 0.29) is 54.2 Å². The monoisotopic (exact) mass is 549 g/mol. The second-order valence-corrected chi connectivity index (χ2v) is 11.5. The Hall–Kier alpha value is -2.94. The van der Waals surface area contributed by atoms with Gasteiger partial charge in [0.2, 0.25) is 0 Å². The Morgan fingerprint density at radius 3 is 1.90 bits per heavy atom. The lowest BCUT2D eigenvalue weighted by Gasteiger charge is -2.20. The second-order valence-electron chi connectivity index (χ2n) is 11.5. The number of ether oxygens (including phenoxy) is 4. The summed E-state index contributed by atoms with van der Waals surface area (Å²) in [6.07, 6.45) is 2.70. The van der Waals surface area contributed by atoms with Gasteiger partial charge in [0, 0.05) is 0 Å². The first-order chi connectivity index (χ1) is 18.2. The molecule has 39 heavy (non-hydrogen) atoms. The minimum absolute atomic E-state index is 0.0898. The van der Waals surface area contributed by atoms with Crippen LogP contribution in [-0.4, -0.2) is 42.6 Å². The van der Waals surface area contributed by atoms with Crippen LogP contribution < -0.4 is 15.2 Å². The Bertz CT molecular complexity index is 968. The molecule has 4 atom stereocenters. The molecule has 0 aromatic heterocycles. The first-order valence-corrected chi connectivity index (χ1v) is 13.8. The minimum atomic E-state index is -1.01. The first kappa shape index (κ1) is 34.1. The number of hydrogen-bond acceptors (Lipinski definition) is 9. The normalized spacial score (nSPS) is 14.5. The summed E-state index contributed by atoms with van der Waals surface area (Å²) in [7, 11) is 0. The van der Waals surface area contributed by atoms with E-state index < -0.39 is 30.1 Å². The van der Waals surface area contributed by atoms with Gasteiger partial charge in [-0.25, -0.2) is 0 Å². The molecule has 2 N–H and O–H groups in total. The highest BCUT2D eigenvalue weighted by molar-refractivity contribution is 5.79. The van der Waals surface area contributed by atoms with E-state index in [4.69, 9.17) is 24.7 Å². The summed E-state index contributed by atoms with van der Waals surface area (Å²) in [6, 6.07) is 3.73. The number of nitrogens with two attached hydrogens (primary N) is 1. The van der Waals surface area contributed by atoms with Gasteiger partial charge >= 0.3 is 23.9 Å². The Balaban J connectivity index is 2.91. The average Bonchev–Trinajstić information content (AvgIpc) is 2.82. The molecule has 9 heteroatoms. The Kier molecular flexibility index (Phi) is 14.2. The standard InChI is InChI=1S/C30H47NO8/c1-9-11-19(3)27(33)38-24-14-13-22(16-25(24)39-28(34)20(4)12-10-2)15-23(31)29(35)36-18-21(5)37-26(32)17-30(6,7)8/h13-14,16,19-21,23H,9-12,15,17-18,31H2,1-8H3/t19?,20?,21-,23-/m0/s1. The van der Waals surface area contributed by atoms with Crippen molar-refractivity contribution in [3.05, 3.63) is 23.8 Å². The largest absolute Gasteiger partial charge is 0.461 e. The summed E-state index contributed by atoms with van der Waals surface area (Å²) >= 11 is 0. The number of hydrogen-bond donors (Lipinski definition) is 1. The summed E-state index contributed by atoms with van der Waals surface area (Å²) in [5.74, 6) is -2.30. The van der Waals surface area contributed by atoms with Crippen LogP contribution in [0, 0.1) is 17.3 Å². The van der Waals surface area contributed by atoms with E-state index >= 15 is 0 Å². The van der Waals surface area contributed by atoms with Crippen LogP contribution in [0.2, 0.25) is 0 Å². The van der Waals surface area contributed by atoms with Crippen LogP contribution in [0.3, 0.4) is 0 Å². The van der Waals surface area contributed by atoms with Crippen LogP contribution in [0.15, 0.2) is 18.2 Å². The molecule has 0 aliphatic heterocycles. The topological polar surface area (TPSA) is 131 Å². The van der Waals surface area contributed by atoms with Crippen LogP contribution in [0.5, 0.6) is 11.5 Å². The molecule has 0 bridgehead atoms. The van der Waals surface area contributed by atoms with Crippen molar-refractivity contribution in [2.24, 2.45) is 23.0 Å². The third-order valence-electron chi connectivity index (χ3n) is 5.90. The zero-order chi connectivity index (χ0) is 29.8. The molecule has 9 nitrogen and oxygen atoms in total. The fourth-order valence-electron chi connectivity index (χ4n) is 3.74. The maximum atomic E-state index is 12.6. The van der Waals surface area contributed by atoms with E-state index in [9.17, 15) is 19.2 Å². The van der Waals surface area contributed by atoms with E-state index in [1.807, 2.05) is 34.6 Å². The van der Waals surface area contributed by atoms with Gasteiger partial charge in [0.25, 0.3) is 0 Å². The highest BCUT2D eigenvalue weighted by Crippen LogP contribution is 2.31. The van der Waals surface area contributed by atoms with E-state index in [1.165, 1.54) is 6.07 Å².